The molecule has 0 spiro atoms. The highest BCUT2D eigenvalue weighted by Crippen LogP contribution is 2.21. The molecule has 126 valence electrons. The van der Waals surface area contributed by atoms with Crippen LogP contribution in [0, 0.1) is 5.82 Å². The van der Waals surface area contributed by atoms with E-state index in [1.807, 2.05) is 0 Å². The molecule has 8 heteroatoms. The molecule has 3 aromatic rings. The predicted octanol–water partition coefficient (Wildman–Crippen LogP) is 1.58. The number of carbonyl (C=O) groups excluding carboxylic acids is 1. The third-order valence-electron chi connectivity index (χ3n) is 4.19. The summed E-state index contributed by atoms with van der Waals surface area (Å²) in [7, 11) is 0. The molecular weight excluding hydrogens is 323 g/mol. The summed E-state index contributed by atoms with van der Waals surface area (Å²) in [6.07, 6.45) is 5.45. The van der Waals surface area contributed by atoms with Crippen molar-refractivity contribution in [1.29, 1.82) is 0 Å². The van der Waals surface area contributed by atoms with E-state index in [0.717, 1.165) is 11.3 Å². The van der Waals surface area contributed by atoms with Gasteiger partial charge in [0.15, 0.2) is 0 Å². The number of carbonyl (C=O) groups is 1. The van der Waals surface area contributed by atoms with Crippen LogP contribution in [-0.4, -0.2) is 37.1 Å². The lowest BCUT2D eigenvalue weighted by Gasteiger charge is -2.28. The fourth-order valence-electron chi connectivity index (χ4n) is 2.92. The van der Waals surface area contributed by atoms with E-state index >= 15 is 0 Å². The van der Waals surface area contributed by atoms with E-state index in [2.05, 4.69) is 15.1 Å². The molecule has 0 saturated heterocycles. The monoisotopic (exact) mass is 338 g/mol. The Morgan fingerprint density at radius 1 is 1.32 bits per heavy atom. The Morgan fingerprint density at radius 2 is 2.20 bits per heavy atom. The molecule has 0 radical (unpaired) electrons. The van der Waals surface area contributed by atoms with Gasteiger partial charge in [-0.25, -0.2) is 19.0 Å². The predicted molar refractivity (Wildman–Crippen MR) is 88.4 cm³/mol. The highest BCUT2D eigenvalue weighted by Gasteiger charge is 2.24. The van der Waals surface area contributed by atoms with E-state index < -0.39 is 5.82 Å². The fraction of sp³-hybridized carbons (Fsp3) is 0.176. The molecule has 0 aliphatic carbocycles. The van der Waals surface area contributed by atoms with Crippen molar-refractivity contribution in [2.45, 2.75) is 13.0 Å². The van der Waals surface area contributed by atoms with Gasteiger partial charge in [0.2, 0.25) is 5.95 Å². The molecule has 1 aliphatic heterocycles. The standard InChI is InChI=1S/C17H15FN6O/c18-13-8-11(2-3-15(13)24-6-1-5-21-24)16(25)23-7-4-14-12(10-23)9-20-17(19)22-14/h1-3,5-6,8-9H,4,7,10H2,(H2,19,20,22). The summed E-state index contributed by atoms with van der Waals surface area (Å²) in [5.74, 6) is -0.494. The molecule has 0 atom stereocenters. The molecule has 0 unspecified atom stereocenters. The van der Waals surface area contributed by atoms with Gasteiger partial charge in [-0.1, -0.05) is 0 Å². The van der Waals surface area contributed by atoms with Crippen LogP contribution < -0.4 is 5.73 Å². The molecule has 0 fully saturated rings. The van der Waals surface area contributed by atoms with Crippen LogP contribution >= 0.6 is 0 Å². The van der Waals surface area contributed by atoms with Crippen LogP contribution in [0.4, 0.5) is 10.3 Å². The van der Waals surface area contributed by atoms with Crippen LogP contribution in [0.5, 0.6) is 0 Å². The SMILES string of the molecule is Nc1ncc2c(n1)CCN(C(=O)c1ccc(-n3cccn3)c(F)c1)C2. The first kappa shape index (κ1) is 15.3. The summed E-state index contributed by atoms with van der Waals surface area (Å²) >= 11 is 0. The zero-order chi connectivity index (χ0) is 17.4. The Morgan fingerprint density at radius 3 is 2.96 bits per heavy atom. The van der Waals surface area contributed by atoms with Gasteiger partial charge in [-0.3, -0.25) is 4.79 Å². The minimum Gasteiger partial charge on any atom is -0.368 e. The van der Waals surface area contributed by atoms with Crippen LogP contribution in [0.1, 0.15) is 21.6 Å². The van der Waals surface area contributed by atoms with Gasteiger partial charge in [0.05, 0.1) is 5.69 Å². The average Bonchev–Trinajstić information content (AvgIpc) is 3.15. The van der Waals surface area contributed by atoms with Gasteiger partial charge in [-0.05, 0) is 24.3 Å². The molecule has 2 aromatic heterocycles. The third kappa shape index (κ3) is 2.82. The molecule has 25 heavy (non-hydrogen) atoms. The largest absolute Gasteiger partial charge is 0.368 e. The van der Waals surface area contributed by atoms with Gasteiger partial charge >= 0.3 is 0 Å². The van der Waals surface area contributed by atoms with Gasteiger partial charge < -0.3 is 10.6 Å². The Bertz CT molecular complexity index is 940. The van der Waals surface area contributed by atoms with E-state index in [1.165, 1.54) is 10.7 Å². The summed E-state index contributed by atoms with van der Waals surface area (Å²) in [6, 6.07) is 6.11. The van der Waals surface area contributed by atoms with Crippen molar-refractivity contribution in [1.82, 2.24) is 24.6 Å². The summed E-state index contributed by atoms with van der Waals surface area (Å²) in [6.45, 7) is 0.891. The number of nitrogens with two attached hydrogens (primary N) is 1. The fourth-order valence-corrected chi connectivity index (χ4v) is 2.92. The quantitative estimate of drug-likeness (QED) is 0.766. The Kier molecular flexibility index (Phi) is 3.64. The van der Waals surface area contributed by atoms with Crippen LogP contribution in [0.2, 0.25) is 0 Å². The molecule has 0 saturated carbocycles. The van der Waals surface area contributed by atoms with Gasteiger partial charge in [0.25, 0.3) is 5.91 Å². The van der Waals surface area contributed by atoms with Crippen molar-refractivity contribution in [3.63, 3.8) is 0 Å². The van der Waals surface area contributed by atoms with E-state index in [1.54, 1.807) is 41.7 Å². The number of halogens is 1. The number of hydrogen-bond acceptors (Lipinski definition) is 5. The average molecular weight is 338 g/mol. The molecule has 4 rings (SSSR count). The van der Waals surface area contributed by atoms with Gasteiger partial charge in [0.1, 0.15) is 11.5 Å². The maximum Gasteiger partial charge on any atom is 0.254 e. The maximum absolute atomic E-state index is 14.4. The van der Waals surface area contributed by atoms with Crippen LogP contribution in [0.25, 0.3) is 5.69 Å². The number of rotatable bonds is 2. The molecule has 1 aliphatic rings. The summed E-state index contributed by atoms with van der Waals surface area (Å²) in [4.78, 5) is 22.5. The topological polar surface area (TPSA) is 89.9 Å². The number of hydrogen-bond donors (Lipinski definition) is 1. The first-order chi connectivity index (χ1) is 12.1. The maximum atomic E-state index is 14.4. The summed E-state index contributed by atoms with van der Waals surface area (Å²) in [5, 5.41) is 4.00. The van der Waals surface area contributed by atoms with Crippen molar-refractivity contribution in [3.8, 4) is 5.69 Å². The van der Waals surface area contributed by atoms with E-state index in [0.29, 0.717) is 30.8 Å². The summed E-state index contributed by atoms with van der Waals surface area (Å²) in [5.41, 5.74) is 7.91. The smallest absolute Gasteiger partial charge is 0.254 e. The second-order valence-electron chi connectivity index (χ2n) is 5.79. The number of amides is 1. The van der Waals surface area contributed by atoms with Crippen molar-refractivity contribution in [3.05, 3.63) is 65.5 Å². The van der Waals surface area contributed by atoms with Crippen molar-refractivity contribution < 1.29 is 9.18 Å². The second kappa shape index (κ2) is 5.97. The first-order valence-corrected chi connectivity index (χ1v) is 7.81. The zero-order valence-electron chi connectivity index (χ0n) is 13.3. The third-order valence-corrected chi connectivity index (χ3v) is 4.19. The van der Waals surface area contributed by atoms with Crippen LogP contribution in [0.15, 0.2) is 42.9 Å². The molecular formula is C17H15FN6O. The van der Waals surface area contributed by atoms with E-state index in [-0.39, 0.29) is 11.9 Å². The molecule has 7 nitrogen and oxygen atoms in total. The second-order valence-corrected chi connectivity index (χ2v) is 5.79. The first-order valence-electron chi connectivity index (χ1n) is 7.81. The lowest BCUT2D eigenvalue weighted by molar-refractivity contribution is 0.0733. The zero-order valence-corrected chi connectivity index (χ0v) is 13.3. The van der Waals surface area contributed by atoms with Crippen molar-refractivity contribution in [2.75, 3.05) is 12.3 Å². The number of benzene rings is 1. The number of nitrogens with zero attached hydrogens (tertiary/aromatic N) is 5. The Labute approximate surface area is 142 Å². The molecule has 3 heterocycles. The molecule has 2 N–H and O–H groups in total. The number of aromatic nitrogens is 4. The highest BCUT2D eigenvalue weighted by atomic mass is 19.1. The van der Waals surface area contributed by atoms with Crippen LogP contribution in [0.3, 0.4) is 0 Å². The van der Waals surface area contributed by atoms with Crippen molar-refractivity contribution in [2.24, 2.45) is 0 Å². The highest BCUT2D eigenvalue weighted by molar-refractivity contribution is 5.94. The number of nitrogen functional groups attached to an aromatic ring is 1. The summed E-state index contributed by atoms with van der Waals surface area (Å²) < 4.78 is 15.8. The molecule has 1 amide bonds. The normalized spacial score (nSPS) is 13.6. The molecule has 0 bridgehead atoms. The van der Waals surface area contributed by atoms with Gasteiger partial charge in [0, 0.05) is 49.2 Å². The molecule has 1 aromatic carbocycles. The van der Waals surface area contributed by atoms with E-state index in [9.17, 15) is 9.18 Å². The minimum atomic E-state index is -0.497. The van der Waals surface area contributed by atoms with Gasteiger partial charge in [-0.2, -0.15) is 5.10 Å². The van der Waals surface area contributed by atoms with Crippen molar-refractivity contribution >= 4 is 11.9 Å². The van der Waals surface area contributed by atoms with Crippen LogP contribution in [-0.2, 0) is 13.0 Å². The number of fused-ring (bicyclic) bond motifs is 1. The number of anilines is 1. The lowest BCUT2D eigenvalue weighted by Crippen LogP contribution is -2.36. The Balaban J connectivity index is 1.57. The lowest BCUT2D eigenvalue weighted by atomic mass is 10.1. The Hall–Kier alpha value is -3.29. The minimum absolute atomic E-state index is 0.228. The van der Waals surface area contributed by atoms with Gasteiger partial charge in [-0.15, -0.1) is 0 Å². The van der Waals surface area contributed by atoms with E-state index in [4.69, 9.17) is 5.73 Å².